The first kappa shape index (κ1) is 12.5. The van der Waals surface area contributed by atoms with Gasteiger partial charge in [-0.05, 0) is 25.0 Å². The van der Waals surface area contributed by atoms with E-state index in [2.05, 4.69) is 5.32 Å². The van der Waals surface area contributed by atoms with Crippen LogP contribution in [-0.4, -0.2) is 17.8 Å². The molecule has 1 aromatic rings. The molecule has 2 N–H and O–H groups in total. The van der Waals surface area contributed by atoms with Gasteiger partial charge in [0.25, 0.3) is 0 Å². The lowest BCUT2D eigenvalue weighted by atomic mass is 10.0. The van der Waals surface area contributed by atoms with Crippen LogP contribution >= 0.6 is 0 Å². The summed E-state index contributed by atoms with van der Waals surface area (Å²) in [7, 11) is 0. The maximum absolute atomic E-state index is 13.6. The van der Waals surface area contributed by atoms with Crippen molar-refractivity contribution in [2.24, 2.45) is 0 Å². The first-order chi connectivity index (χ1) is 8.22. The minimum absolute atomic E-state index is 0.0538. The summed E-state index contributed by atoms with van der Waals surface area (Å²) in [5, 5.41) is 12.4. The zero-order valence-electron chi connectivity index (χ0n) is 9.63. The van der Waals surface area contributed by atoms with E-state index in [1.54, 1.807) is 0 Å². The Bertz CT molecular complexity index is 357. The molecule has 1 unspecified atom stereocenters. The zero-order valence-corrected chi connectivity index (χ0v) is 9.63. The van der Waals surface area contributed by atoms with Gasteiger partial charge in [-0.1, -0.05) is 18.9 Å². The number of aliphatic hydroxyl groups is 1. The highest BCUT2D eigenvalue weighted by atomic mass is 19.1. The van der Waals surface area contributed by atoms with Crippen LogP contribution in [0.2, 0.25) is 0 Å². The van der Waals surface area contributed by atoms with Crippen molar-refractivity contribution in [3.8, 4) is 0 Å². The van der Waals surface area contributed by atoms with Gasteiger partial charge >= 0.3 is 0 Å². The molecule has 2 rings (SSSR count). The van der Waals surface area contributed by atoms with Gasteiger partial charge in [-0.15, -0.1) is 0 Å². The van der Waals surface area contributed by atoms with Gasteiger partial charge in [0.15, 0.2) is 0 Å². The third-order valence-corrected chi connectivity index (χ3v) is 3.32. The zero-order chi connectivity index (χ0) is 12.3. The number of nitrogens with one attached hydrogen (secondary N) is 1. The molecule has 0 radical (unpaired) electrons. The summed E-state index contributed by atoms with van der Waals surface area (Å²) in [6.45, 7) is -0.297. The van der Waals surface area contributed by atoms with Crippen LogP contribution in [0.4, 0.5) is 8.78 Å². The summed E-state index contributed by atoms with van der Waals surface area (Å²) in [4.78, 5) is 0. The molecule has 0 spiro atoms. The van der Waals surface area contributed by atoms with Gasteiger partial charge in [-0.2, -0.15) is 0 Å². The second-order valence-electron chi connectivity index (χ2n) is 4.52. The lowest BCUT2D eigenvalue weighted by Crippen LogP contribution is -2.33. The predicted molar refractivity (Wildman–Crippen MR) is 61.6 cm³/mol. The molecule has 94 valence electrons. The Kier molecular flexibility index (Phi) is 4.07. The molecule has 0 bridgehead atoms. The Hall–Kier alpha value is -1.00. The molecule has 1 saturated carbocycles. The van der Waals surface area contributed by atoms with Crippen molar-refractivity contribution < 1.29 is 13.9 Å². The van der Waals surface area contributed by atoms with Crippen molar-refractivity contribution in [1.82, 2.24) is 5.32 Å². The van der Waals surface area contributed by atoms with E-state index in [9.17, 15) is 13.9 Å². The summed E-state index contributed by atoms with van der Waals surface area (Å²) >= 11 is 0. The van der Waals surface area contributed by atoms with E-state index in [0.717, 1.165) is 25.7 Å². The van der Waals surface area contributed by atoms with E-state index < -0.39 is 17.7 Å². The summed E-state index contributed by atoms with van der Waals surface area (Å²) in [5.74, 6) is -1.20. The van der Waals surface area contributed by atoms with Gasteiger partial charge in [0.2, 0.25) is 0 Å². The number of rotatable bonds is 4. The first-order valence-electron chi connectivity index (χ1n) is 6.03. The Morgan fingerprint density at radius 3 is 2.35 bits per heavy atom. The van der Waals surface area contributed by atoms with Crippen LogP contribution in [0.5, 0.6) is 0 Å². The molecule has 2 nitrogen and oxygen atoms in total. The van der Waals surface area contributed by atoms with Crippen molar-refractivity contribution in [2.75, 3.05) is 6.61 Å². The fourth-order valence-electron chi connectivity index (χ4n) is 2.45. The van der Waals surface area contributed by atoms with Crippen LogP contribution in [0, 0.1) is 11.6 Å². The monoisotopic (exact) mass is 241 g/mol. The standard InChI is InChI=1S/C13H17F2NO/c14-10-6-3-7-11(15)13(10)12(8-17)16-9-4-1-2-5-9/h3,6-7,9,12,16-17H,1-2,4-5,8H2. The highest BCUT2D eigenvalue weighted by Crippen LogP contribution is 2.25. The summed E-state index contributed by atoms with van der Waals surface area (Å²) < 4.78 is 27.1. The van der Waals surface area contributed by atoms with Crippen LogP contribution < -0.4 is 5.32 Å². The van der Waals surface area contributed by atoms with Crippen molar-refractivity contribution in [3.63, 3.8) is 0 Å². The second kappa shape index (κ2) is 5.56. The first-order valence-corrected chi connectivity index (χ1v) is 6.03. The fourth-order valence-corrected chi connectivity index (χ4v) is 2.45. The molecule has 1 fully saturated rings. The molecule has 1 atom stereocenters. The predicted octanol–water partition coefficient (Wildman–Crippen LogP) is 2.53. The minimum Gasteiger partial charge on any atom is -0.394 e. The van der Waals surface area contributed by atoms with Crippen LogP contribution in [0.25, 0.3) is 0 Å². The van der Waals surface area contributed by atoms with Crippen molar-refractivity contribution in [2.45, 2.75) is 37.8 Å². The molecule has 1 aliphatic carbocycles. The average molecular weight is 241 g/mol. The van der Waals surface area contributed by atoms with Crippen LogP contribution in [0.15, 0.2) is 18.2 Å². The summed E-state index contributed by atoms with van der Waals surface area (Å²) in [5.41, 5.74) is -0.0538. The molecule has 4 heteroatoms. The van der Waals surface area contributed by atoms with Crippen molar-refractivity contribution >= 4 is 0 Å². The largest absolute Gasteiger partial charge is 0.394 e. The van der Waals surface area contributed by atoms with Gasteiger partial charge in [-0.25, -0.2) is 8.78 Å². The number of hydrogen-bond donors (Lipinski definition) is 2. The number of aliphatic hydroxyl groups excluding tert-OH is 1. The molecule has 0 aliphatic heterocycles. The maximum Gasteiger partial charge on any atom is 0.131 e. The molecule has 0 saturated heterocycles. The third-order valence-electron chi connectivity index (χ3n) is 3.32. The van der Waals surface area contributed by atoms with E-state index in [0.29, 0.717) is 0 Å². The Balaban J connectivity index is 2.16. The third kappa shape index (κ3) is 2.82. The molecule has 1 aliphatic rings. The van der Waals surface area contributed by atoms with E-state index in [4.69, 9.17) is 0 Å². The highest BCUT2D eigenvalue weighted by Gasteiger charge is 2.24. The van der Waals surface area contributed by atoms with Gasteiger partial charge in [-0.3, -0.25) is 0 Å². The second-order valence-corrected chi connectivity index (χ2v) is 4.52. The SMILES string of the molecule is OCC(NC1CCCC1)c1c(F)cccc1F. The maximum atomic E-state index is 13.6. The Morgan fingerprint density at radius 1 is 1.24 bits per heavy atom. The smallest absolute Gasteiger partial charge is 0.131 e. The topological polar surface area (TPSA) is 32.3 Å². The van der Waals surface area contributed by atoms with E-state index in [1.807, 2.05) is 0 Å². The van der Waals surface area contributed by atoms with Crippen molar-refractivity contribution in [1.29, 1.82) is 0 Å². The average Bonchev–Trinajstić information content (AvgIpc) is 2.80. The number of benzene rings is 1. The molecule has 1 aromatic carbocycles. The number of hydrogen-bond acceptors (Lipinski definition) is 2. The van der Waals surface area contributed by atoms with Crippen LogP contribution in [0.3, 0.4) is 0 Å². The van der Waals surface area contributed by atoms with Gasteiger partial charge in [0.1, 0.15) is 11.6 Å². The lowest BCUT2D eigenvalue weighted by molar-refractivity contribution is 0.226. The fraction of sp³-hybridized carbons (Fsp3) is 0.538. The Labute approximate surface area is 99.7 Å². The van der Waals surface area contributed by atoms with E-state index >= 15 is 0 Å². The minimum atomic E-state index is -0.653. The van der Waals surface area contributed by atoms with Crippen LogP contribution in [0.1, 0.15) is 37.3 Å². The lowest BCUT2D eigenvalue weighted by Gasteiger charge is -2.22. The van der Waals surface area contributed by atoms with Crippen molar-refractivity contribution in [3.05, 3.63) is 35.4 Å². The molecule has 0 aromatic heterocycles. The highest BCUT2D eigenvalue weighted by molar-refractivity contribution is 5.23. The summed E-state index contributed by atoms with van der Waals surface area (Å²) in [6.07, 6.45) is 4.28. The number of halogens is 2. The molecule has 0 heterocycles. The van der Waals surface area contributed by atoms with E-state index in [1.165, 1.54) is 18.2 Å². The summed E-state index contributed by atoms with van der Waals surface area (Å²) in [6, 6.07) is 3.37. The molecule has 0 amide bonds. The van der Waals surface area contributed by atoms with Crippen LogP contribution in [-0.2, 0) is 0 Å². The molecule has 17 heavy (non-hydrogen) atoms. The van der Waals surface area contributed by atoms with Gasteiger partial charge in [0, 0.05) is 11.6 Å². The van der Waals surface area contributed by atoms with E-state index in [-0.39, 0.29) is 18.2 Å². The molecular weight excluding hydrogens is 224 g/mol. The van der Waals surface area contributed by atoms with Gasteiger partial charge in [0.05, 0.1) is 12.6 Å². The Morgan fingerprint density at radius 2 is 1.82 bits per heavy atom. The normalized spacial score (nSPS) is 18.5. The quantitative estimate of drug-likeness (QED) is 0.849. The van der Waals surface area contributed by atoms with Gasteiger partial charge < -0.3 is 10.4 Å². The molecular formula is C13H17F2NO.